The van der Waals surface area contributed by atoms with Crippen molar-refractivity contribution in [1.29, 1.82) is 0 Å². The van der Waals surface area contributed by atoms with Gasteiger partial charge in [0.2, 0.25) is 0 Å². The summed E-state index contributed by atoms with van der Waals surface area (Å²) < 4.78 is 2.01. The number of rotatable bonds is 6. The van der Waals surface area contributed by atoms with E-state index in [9.17, 15) is 5.11 Å². The van der Waals surface area contributed by atoms with E-state index in [2.05, 4.69) is 14.9 Å². The standard InChI is InChI=1S/C18H20N4O/c1-21-11-10-20-18(21)14-22(13-16-7-4-5-9-19-16)12-15-6-2-3-8-17(15)23/h2-11,23H,12-14H2,1H3. The van der Waals surface area contributed by atoms with Gasteiger partial charge in [-0.05, 0) is 18.2 Å². The molecule has 0 saturated heterocycles. The largest absolute Gasteiger partial charge is 0.508 e. The molecule has 0 bridgehead atoms. The van der Waals surface area contributed by atoms with Gasteiger partial charge in [0.15, 0.2) is 0 Å². The molecule has 2 heterocycles. The van der Waals surface area contributed by atoms with Crippen LogP contribution < -0.4 is 0 Å². The maximum atomic E-state index is 10.0. The van der Waals surface area contributed by atoms with Gasteiger partial charge >= 0.3 is 0 Å². The molecule has 23 heavy (non-hydrogen) atoms. The van der Waals surface area contributed by atoms with E-state index in [0.717, 1.165) is 17.1 Å². The van der Waals surface area contributed by atoms with Gasteiger partial charge in [-0.3, -0.25) is 9.88 Å². The monoisotopic (exact) mass is 308 g/mol. The molecule has 0 amide bonds. The first-order valence-electron chi connectivity index (χ1n) is 7.57. The zero-order valence-electron chi connectivity index (χ0n) is 13.1. The van der Waals surface area contributed by atoms with Crippen molar-refractivity contribution in [3.05, 3.63) is 78.1 Å². The van der Waals surface area contributed by atoms with E-state index in [1.165, 1.54) is 0 Å². The minimum atomic E-state index is 0.318. The zero-order chi connectivity index (χ0) is 16.1. The highest BCUT2D eigenvalue weighted by Gasteiger charge is 2.13. The fourth-order valence-electron chi connectivity index (χ4n) is 2.52. The number of nitrogens with zero attached hydrogens (tertiary/aromatic N) is 4. The van der Waals surface area contributed by atoms with Gasteiger partial charge in [-0.25, -0.2) is 4.98 Å². The number of imidazole rings is 1. The quantitative estimate of drug-likeness (QED) is 0.761. The van der Waals surface area contributed by atoms with Gasteiger partial charge in [0.1, 0.15) is 11.6 Å². The zero-order valence-corrected chi connectivity index (χ0v) is 13.1. The van der Waals surface area contributed by atoms with Crippen molar-refractivity contribution < 1.29 is 5.11 Å². The summed E-state index contributed by atoms with van der Waals surface area (Å²) in [7, 11) is 1.99. The maximum Gasteiger partial charge on any atom is 0.122 e. The van der Waals surface area contributed by atoms with E-state index in [1.807, 2.05) is 54.2 Å². The van der Waals surface area contributed by atoms with Crippen molar-refractivity contribution in [3.63, 3.8) is 0 Å². The van der Waals surface area contributed by atoms with Crippen molar-refractivity contribution in [3.8, 4) is 5.75 Å². The molecule has 0 aliphatic heterocycles. The van der Waals surface area contributed by atoms with Crippen LogP contribution in [0.1, 0.15) is 17.1 Å². The highest BCUT2D eigenvalue weighted by Crippen LogP contribution is 2.20. The summed E-state index contributed by atoms with van der Waals surface area (Å²) in [4.78, 5) is 11.0. The van der Waals surface area contributed by atoms with Gasteiger partial charge in [-0.2, -0.15) is 0 Å². The summed E-state index contributed by atoms with van der Waals surface area (Å²) in [5.74, 6) is 1.30. The number of benzene rings is 1. The van der Waals surface area contributed by atoms with Crippen molar-refractivity contribution >= 4 is 0 Å². The normalized spacial score (nSPS) is 11.0. The lowest BCUT2D eigenvalue weighted by molar-refractivity contribution is 0.233. The van der Waals surface area contributed by atoms with Crippen LogP contribution >= 0.6 is 0 Å². The summed E-state index contributed by atoms with van der Waals surface area (Å²) in [6.45, 7) is 2.02. The van der Waals surface area contributed by atoms with Crippen molar-refractivity contribution in [2.24, 2.45) is 7.05 Å². The predicted octanol–water partition coefficient (Wildman–Crippen LogP) is 2.72. The number of para-hydroxylation sites is 1. The van der Waals surface area contributed by atoms with E-state index in [1.54, 1.807) is 18.5 Å². The SMILES string of the molecule is Cn1ccnc1CN(Cc1ccccn1)Cc1ccccc1O. The number of aryl methyl sites for hydroxylation is 1. The van der Waals surface area contributed by atoms with E-state index in [0.29, 0.717) is 25.4 Å². The van der Waals surface area contributed by atoms with E-state index in [4.69, 9.17) is 0 Å². The number of aromatic nitrogens is 3. The van der Waals surface area contributed by atoms with Gasteiger partial charge in [0.05, 0.1) is 12.2 Å². The second kappa shape index (κ2) is 7.07. The van der Waals surface area contributed by atoms with Crippen LogP contribution in [-0.4, -0.2) is 24.5 Å². The van der Waals surface area contributed by atoms with Gasteiger partial charge < -0.3 is 9.67 Å². The van der Waals surface area contributed by atoms with E-state index < -0.39 is 0 Å². The number of phenols is 1. The van der Waals surface area contributed by atoms with Crippen molar-refractivity contribution in [2.45, 2.75) is 19.6 Å². The molecular weight excluding hydrogens is 288 g/mol. The van der Waals surface area contributed by atoms with Gasteiger partial charge in [0, 0.05) is 44.3 Å². The molecule has 1 aromatic carbocycles. The molecule has 0 spiro atoms. The van der Waals surface area contributed by atoms with Crippen LogP contribution in [0.25, 0.3) is 0 Å². The fourth-order valence-corrected chi connectivity index (χ4v) is 2.52. The number of phenolic OH excluding ortho intramolecular Hbond substituents is 1. The third-order valence-corrected chi connectivity index (χ3v) is 3.78. The lowest BCUT2D eigenvalue weighted by Crippen LogP contribution is -2.24. The number of hydrogen-bond acceptors (Lipinski definition) is 4. The molecule has 0 aliphatic carbocycles. The Labute approximate surface area is 135 Å². The molecule has 2 aromatic heterocycles. The highest BCUT2D eigenvalue weighted by atomic mass is 16.3. The number of pyridine rings is 1. The summed E-state index contributed by atoms with van der Waals surface area (Å²) >= 11 is 0. The van der Waals surface area contributed by atoms with Crippen LogP contribution in [0.4, 0.5) is 0 Å². The molecule has 1 N–H and O–H groups in total. The second-order valence-electron chi connectivity index (χ2n) is 5.55. The summed E-state index contributed by atoms with van der Waals surface area (Å²) in [5.41, 5.74) is 1.90. The first-order valence-corrected chi connectivity index (χ1v) is 7.57. The Hall–Kier alpha value is -2.66. The molecule has 118 valence electrons. The maximum absolute atomic E-state index is 10.0. The molecule has 0 atom stereocenters. The molecule has 0 fully saturated rings. The molecule has 0 unspecified atom stereocenters. The average Bonchev–Trinajstić information content (AvgIpc) is 2.96. The molecule has 0 aliphatic rings. The Bertz CT molecular complexity index is 754. The summed E-state index contributed by atoms with van der Waals surface area (Å²) in [5, 5.41) is 10.0. The smallest absolute Gasteiger partial charge is 0.122 e. The molecule has 3 aromatic rings. The summed E-state index contributed by atoms with van der Waals surface area (Å²) in [6.07, 6.45) is 5.54. The molecule has 5 heteroatoms. The van der Waals surface area contributed by atoms with E-state index in [-0.39, 0.29) is 0 Å². The number of hydrogen-bond donors (Lipinski definition) is 1. The Balaban J connectivity index is 1.81. The van der Waals surface area contributed by atoms with Crippen LogP contribution in [0.3, 0.4) is 0 Å². The van der Waals surface area contributed by atoms with Crippen LogP contribution in [0.15, 0.2) is 61.1 Å². The van der Waals surface area contributed by atoms with Crippen LogP contribution in [-0.2, 0) is 26.7 Å². The lowest BCUT2D eigenvalue weighted by atomic mass is 10.2. The minimum absolute atomic E-state index is 0.318. The van der Waals surface area contributed by atoms with Crippen molar-refractivity contribution in [1.82, 2.24) is 19.4 Å². The molecular formula is C18H20N4O. The second-order valence-corrected chi connectivity index (χ2v) is 5.55. The average molecular weight is 308 g/mol. The predicted molar refractivity (Wildman–Crippen MR) is 88.5 cm³/mol. The minimum Gasteiger partial charge on any atom is -0.508 e. The first kappa shape index (κ1) is 15.2. The Morgan fingerprint density at radius 3 is 2.48 bits per heavy atom. The Kier molecular flexibility index (Phi) is 4.68. The lowest BCUT2D eigenvalue weighted by Gasteiger charge is -2.22. The molecule has 0 radical (unpaired) electrons. The topological polar surface area (TPSA) is 54.2 Å². The summed E-state index contributed by atoms with van der Waals surface area (Å²) in [6, 6.07) is 13.3. The van der Waals surface area contributed by atoms with Gasteiger partial charge in [-0.15, -0.1) is 0 Å². The van der Waals surface area contributed by atoms with Gasteiger partial charge in [0.25, 0.3) is 0 Å². The highest BCUT2D eigenvalue weighted by molar-refractivity contribution is 5.31. The molecule has 5 nitrogen and oxygen atoms in total. The molecule has 3 rings (SSSR count). The van der Waals surface area contributed by atoms with E-state index >= 15 is 0 Å². The van der Waals surface area contributed by atoms with Crippen LogP contribution in [0.2, 0.25) is 0 Å². The Morgan fingerprint density at radius 2 is 1.78 bits per heavy atom. The molecule has 0 saturated carbocycles. The van der Waals surface area contributed by atoms with Crippen LogP contribution in [0.5, 0.6) is 5.75 Å². The third-order valence-electron chi connectivity index (χ3n) is 3.78. The van der Waals surface area contributed by atoms with Gasteiger partial charge in [-0.1, -0.05) is 24.3 Å². The third kappa shape index (κ3) is 3.96. The number of aromatic hydroxyl groups is 1. The van der Waals surface area contributed by atoms with Crippen molar-refractivity contribution in [2.75, 3.05) is 0 Å². The first-order chi connectivity index (χ1) is 11.2. The Morgan fingerprint density at radius 1 is 0.957 bits per heavy atom. The van der Waals surface area contributed by atoms with Crippen LogP contribution in [0, 0.1) is 0 Å². The fraction of sp³-hybridized carbons (Fsp3) is 0.222.